The van der Waals surface area contributed by atoms with E-state index in [4.69, 9.17) is 14.2 Å². The number of nitrogens with one attached hydrogen (secondary N) is 1. The van der Waals surface area contributed by atoms with E-state index in [9.17, 15) is 14.4 Å². The van der Waals surface area contributed by atoms with E-state index >= 15 is 0 Å². The van der Waals surface area contributed by atoms with E-state index in [1.54, 1.807) is 41.5 Å². The smallest absolute Gasteiger partial charge is 0.308 e. The molecule has 0 rings (SSSR count). The molecule has 0 bridgehead atoms. The summed E-state index contributed by atoms with van der Waals surface area (Å²) >= 11 is 0. The minimum Gasteiger partial charge on any atom is -0.459 e. The van der Waals surface area contributed by atoms with Crippen molar-refractivity contribution in [2.45, 2.75) is 41.5 Å². The molecule has 7 nitrogen and oxygen atoms in total. The van der Waals surface area contributed by atoms with E-state index in [0.717, 1.165) is 4.90 Å². The summed E-state index contributed by atoms with van der Waals surface area (Å²) in [6, 6.07) is 0. The second kappa shape index (κ2) is 12.7. The minimum absolute atomic E-state index is 0.164. The van der Waals surface area contributed by atoms with Gasteiger partial charge in [0.05, 0.1) is 17.8 Å². The Kier molecular flexibility index (Phi) is 11.9. The maximum atomic E-state index is 11.5. The van der Waals surface area contributed by atoms with Crippen molar-refractivity contribution >= 4 is 17.9 Å². The first-order chi connectivity index (χ1) is 11.6. The van der Waals surface area contributed by atoms with Gasteiger partial charge in [-0.05, 0) is 0 Å². The number of ether oxygens (including phenoxy) is 3. The molecule has 0 saturated carbocycles. The first-order valence-electron chi connectivity index (χ1n) is 8.98. The summed E-state index contributed by atoms with van der Waals surface area (Å²) in [5.74, 6) is -1.21. The van der Waals surface area contributed by atoms with Crippen LogP contribution in [0.15, 0.2) is 0 Å². The van der Waals surface area contributed by atoms with Crippen LogP contribution >= 0.6 is 0 Å². The molecule has 7 heteroatoms. The molecule has 0 saturated heterocycles. The zero-order valence-electron chi connectivity index (χ0n) is 16.4. The third-order valence-corrected chi connectivity index (χ3v) is 3.51. The van der Waals surface area contributed by atoms with E-state index in [2.05, 4.69) is 0 Å². The van der Waals surface area contributed by atoms with Gasteiger partial charge in [-0.15, -0.1) is 0 Å². The van der Waals surface area contributed by atoms with Crippen molar-refractivity contribution in [1.82, 2.24) is 0 Å². The zero-order chi connectivity index (χ0) is 19.4. The monoisotopic (exact) mass is 360 g/mol. The maximum Gasteiger partial charge on any atom is 0.308 e. The summed E-state index contributed by atoms with van der Waals surface area (Å²) < 4.78 is 15.6. The molecule has 0 fully saturated rings. The molecule has 0 aromatic carbocycles. The Labute approximate surface area is 151 Å². The van der Waals surface area contributed by atoms with E-state index in [-0.39, 0.29) is 55.5 Å². The topological polar surface area (TPSA) is 83.3 Å². The fraction of sp³-hybridized carbons (Fsp3) is 0.833. The quantitative estimate of drug-likeness (QED) is 0.402. The van der Waals surface area contributed by atoms with Crippen LogP contribution in [0.3, 0.4) is 0 Å². The summed E-state index contributed by atoms with van der Waals surface area (Å²) in [6.07, 6.45) is 0. The molecule has 0 aromatic heterocycles. The van der Waals surface area contributed by atoms with Crippen molar-refractivity contribution in [2.24, 2.45) is 17.8 Å². The van der Waals surface area contributed by atoms with E-state index in [1.165, 1.54) is 0 Å². The van der Waals surface area contributed by atoms with Gasteiger partial charge in [-0.3, -0.25) is 14.4 Å². The number of rotatable bonds is 12. The third kappa shape index (κ3) is 11.5. The summed E-state index contributed by atoms with van der Waals surface area (Å²) in [5.41, 5.74) is 0. The molecule has 0 aliphatic carbocycles. The van der Waals surface area contributed by atoms with Crippen molar-refractivity contribution in [3.8, 4) is 0 Å². The Balaban J connectivity index is 4.31. The van der Waals surface area contributed by atoms with Gasteiger partial charge in [0.25, 0.3) is 0 Å². The molecule has 0 amide bonds. The minimum atomic E-state index is -0.239. The summed E-state index contributed by atoms with van der Waals surface area (Å²) in [7, 11) is 0. The van der Waals surface area contributed by atoms with Crippen LogP contribution < -0.4 is 4.90 Å². The Bertz CT molecular complexity index is 358. The number of esters is 3. The summed E-state index contributed by atoms with van der Waals surface area (Å²) in [6.45, 7) is 13.2. The zero-order valence-corrected chi connectivity index (χ0v) is 16.4. The van der Waals surface area contributed by atoms with Crippen LogP contribution in [0.4, 0.5) is 0 Å². The molecule has 1 N–H and O–H groups in total. The largest absolute Gasteiger partial charge is 0.459 e. The lowest BCUT2D eigenvalue weighted by atomic mass is 10.2. The van der Waals surface area contributed by atoms with Crippen LogP contribution in [0.5, 0.6) is 0 Å². The molecular weight excluding hydrogens is 326 g/mol. The lowest BCUT2D eigenvalue weighted by Crippen LogP contribution is -3.13. The molecule has 0 radical (unpaired) electrons. The second-order valence-electron chi connectivity index (χ2n) is 6.97. The van der Waals surface area contributed by atoms with Gasteiger partial charge >= 0.3 is 17.9 Å². The number of quaternary nitrogens is 1. The first kappa shape index (κ1) is 23.4. The Morgan fingerprint density at radius 2 is 0.840 bits per heavy atom. The highest BCUT2D eigenvalue weighted by molar-refractivity contribution is 5.72. The second-order valence-corrected chi connectivity index (χ2v) is 6.97. The summed E-state index contributed by atoms with van der Waals surface area (Å²) in [4.78, 5) is 35.6. The SMILES string of the molecule is CC(C)C(=O)OCC[NH+](CCOC(=O)C(C)C)CCOC(=O)C(C)C. The number of hydrogen-bond acceptors (Lipinski definition) is 6. The standard InChI is InChI=1S/C18H33NO6/c1-13(2)16(20)23-10-7-19(8-11-24-17(21)14(3)4)9-12-25-18(22)15(5)6/h13-15H,7-12H2,1-6H3/p+1. The van der Waals surface area contributed by atoms with Crippen LogP contribution in [-0.4, -0.2) is 57.4 Å². The van der Waals surface area contributed by atoms with Gasteiger partial charge in [0.1, 0.15) is 39.5 Å². The molecule has 146 valence electrons. The number of carbonyl (C=O) groups excluding carboxylic acids is 3. The van der Waals surface area contributed by atoms with Crippen LogP contribution in [0.2, 0.25) is 0 Å². The van der Waals surface area contributed by atoms with Gasteiger partial charge in [0.15, 0.2) is 0 Å². The third-order valence-electron chi connectivity index (χ3n) is 3.51. The molecule has 25 heavy (non-hydrogen) atoms. The van der Waals surface area contributed by atoms with Crippen LogP contribution in [0.1, 0.15) is 41.5 Å². The van der Waals surface area contributed by atoms with Crippen molar-refractivity contribution in [2.75, 3.05) is 39.5 Å². The van der Waals surface area contributed by atoms with E-state index < -0.39 is 0 Å². The fourth-order valence-electron chi connectivity index (χ4n) is 1.76. The van der Waals surface area contributed by atoms with Gasteiger partial charge in [0, 0.05) is 0 Å². The lowest BCUT2D eigenvalue weighted by molar-refractivity contribution is -0.900. The van der Waals surface area contributed by atoms with Crippen molar-refractivity contribution < 1.29 is 33.5 Å². The average molecular weight is 360 g/mol. The van der Waals surface area contributed by atoms with Crippen molar-refractivity contribution in [3.63, 3.8) is 0 Å². The molecule has 0 aromatic rings. The Morgan fingerprint density at radius 3 is 1.04 bits per heavy atom. The van der Waals surface area contributed by atoms with Crippen molar-refractivity contribution in [1.29, 1.82) is 0 Å². The van der Waals surface area contributed by atoms with Crippen LogP contribution in [0.25, 0.3) is 0 Å². The molecule has 0 heterocycles. The van der Waals surface area contributed by atoms with Gasteiger partial charge in [-0.1, -0.05) is 41.5 Å². The molecular formula is C18H34NO6+. The predicted molar refractivity (Wildman–Crippen MR) is 93.0 cm³/mol. The number of hydrogen-bond donors (Lipinski definition) is 1. The van der Waals surface area contributed by atoms with Crippen LogP contribution in [-0.2, 0) is 28.6 Å². The highest BCUT2D eigenvalue weighted by atomic mass is 16.5. The highest BCUT2D eigenvalue weighted by Crippen LogP contribution is 1.96. The predicted octanol–water partition coefficient (Wildman–Crippen LogP) is 0.469. The Hall–Kier alpha value is -1.63. The molecule has 0 atom stereocenters. The first-order valence-corrected chi connectivity index (χ1v) is 8.98. The van der Waals surface area contributed by atoms with Crippen molar-refractivity contribution in [3.05, 3.63) is 0 Å². The van der Waals surface area contributed by atoms with Gasteiger partial charge < -0.3 is 19.1 Å². The van der Waals surface area contributed by atoms with E-state index in [1.807, 2.05) is 0 Å². The van der Waals surface area contributed by atoms with E-state index in [0.29, 0.717) is 19.6 Å². The summed E-state index contributed by atoms with van der Waals surface area (Å²) in [5, 5.41) is 0. The normalized spacial score (nSPS) is 11.3. The molecule has 0 spiro atoms. The highest BCUT2D eigenvalue weighted by Gasteiger charge is 2.16. The van der Waals surface area contributed by atoms with Gasteiger partial charge in [0.2, 0.25) is 0 Å². The van der Waals surface area contributed by atoms with Gasteiger partial charge in [-0.2, -0.15) is 0 Å². The maximum absolute atomic E-state index is 11.5. The Morgan fingerprint density at radius 1 is 0.600 bits per heavy atom. The van der Waals surface area contributed by atoms with Crippen LogP contribution in [0, 0.1) is 17.8 Å². The number of carbonyl (C=O) groups is 3. The van der Waals surface area contributed by atoms with Gasteiger partial charge in [-0.25, -0.2) is 0 Å². The molecule has 0 aliphatic heterocycles. The lowest BCUT2D eigenvalue weighted by Gasteiger charge is -2.20. The molecule has 0 aliphatic rings. The molecule has 0 unspecified atom stereocenters. The average Bonchev–Trinajstić information content (AvgIpc) is 2.53. The fourth-order valence-corrected chi connectivity index (χ4v) is 1.76.